The van der Waals surface area contributed by atoms with E-state index in [2.05, 4.69) is 4.72 Å². The lowest BCUT2D eigenvalue weighted by molar-refractivity contribution is -0.142. The molecular weight excluding hydrogens is 256 g/mol. The van der Waals surface area contributed by atoms with E-state index in [1.165, 1.54) is 4.31 Å². The molecular formula is C11H24N2O4S. The van der Waals surface area contributed by atoms with Crippen molar-refractivity contribution < 1.29 is 18.3 Å². The van der Waals surface area contributed by atoms with Crippen LogP contribution >= 0.6 is 0 Å². The summed E-state index contributed by atoms with van der Waals surface area (Å²) in [4.78, 5) is 11.0. The van der Waals surface area contributed by atoms with Gasteiger partial charge in [0.2, 0.25) is 0 Å². The van der Waals surface area contributed by atoms with Crippen LogP contribution in [0.4, 0.5) is 0 Å². The first-order valence-corrected chi connectivity index (χ1v) is 7.66. The van der Waals surface area contributed by atoms with Gasteiger partial charge in [0.05, 0.1) is 5.92 Å². The average Bonchev–Trinajstić information content (AvgIpc) is 2.24. The van der Waals surface area contributed by atoms with Gasteiger partial charge in [-0.25, -0.2) is 4.72 Å². The minimum Gasteiger partial charge on any atom is -0.481 e. The fraction of sp³-hybridized carbons (Fsp3) is 0.909. The van der Waals surface area contributed by atoms with E-state index in [0.29, 0.717) is 19.5 Å². The molecule has 7 heteroatoms. The van der Waals surface area contributed by atoms with E-state index < -0.39 is 22.1 Å². The molecule has 0 fully saturated rings. The smallest absolute Gasteiger partial charge is 0.307 e. The molecule has 1 unspecified atom stereocenters. The van der Waals surface area contributed by atoms with E-state index in [-0.39, 0.29) is 12.5 Å². The van der Waals surface area contributed by atoms with Gasteiger partial charge in [-0.3, -0.25) is 4.79 Å². The van der Waals surface area contributed by atoms with E-state index in [1.807, 2.05) is 13.8 Å². The van der Waals surface area contributed by atoms with Gasteiger partial charge in [0.25, 0.3) is 10.2 Å². The Labute approximate surface area is 110 Å². The Kier molecular flexibility index (Phi) is 7.42. The zero-order valence-electron chi connectivity index (χ0n) is 11.5. The zero-order chi connectivity index (χ0) is 14.3. The van der Waals surface area contributed by atoms with Crippen molar-refractivity contribution in [3.8, 4) is 0 Å². The molecule has 2 N–H and O–H groups in total. The summed E-state index contributed by atoms with van der Waals surface area (Å²) in [6, 6.07) is 0. The topological polar surface area (TPSA) is 86.7 Å². The highest BCUT2D eigenvalue weighted by Gasteiger charge is 2.24. The highest BCUT2D eigenvalue weighted by Crippen LogP contribution is 2.11. The normalized spacial score (nSPS) is 14.1. The van der Waals surface area contributed by atoms with Gasteiger partial charge in [-0.15, -0.1) is 0 Å². The van der Waals surface area contributed by atoms with Crippen molar-refractivity contribution in [2.75, 3.05) is 19.6 Å². The number of nitrogens with one attached hydrogen (secondary N) is 1. The van der Waals surface area contributed by atoms with Gasteiger partial charge in [0.15, 0.2) is 0 Å². The van der Waals surface area contributed by atoms with Gasteiger partial charge in [-0.2, -0.15) is 12.7 Å². The zero-order valence-corrected chi connectivity index (χ0v) is 12.3. The van der Waals surface area contributed by atoms with Gasteiger partial charge < -0.3 is 5.11 Å². The quantitative estimate of drug-likeness (QED) is 0.657. The van der Waals surface area contributed by atoms with Crippen molar-refractivity contribution in [1.29, 1.82) is 0 Å². The van der Waals surface area contributed by atoms with Crippen LogP contribution in [0.3, 0.4) is 0 Å². The molecule has 108 valence electrons. The van der Waals surface area contributed by atoms with Gasteiger partial charge in [0, 0.05) is 19.6 Å². The van der Waals surface area contributed by atoms with Gasteiger partial charge in [0.1, 0.15) is 0 Å². The molecule has 0 aromatic rings. The van der Waals surface area contributed by atoms with Crippen molar-refractivity contribution in [2.45, 2.75) is 34.1 Å². The Morgan fingerprint density at radius 1 is 1.28 bits per heavy atom. The molecule has 0 aliphatic carbocycles. The maximum Gasteiger partial charge on any atom is 0.307 e. The number of hydrogen-bond donors (Lipinski definition) is 2. The molecule has 0 rings (SSSR count). The lowest BCUT2D eigenvalue weighted by Crippen LogP contribution is -2.43. The van der Waals surface area contributed by atoms with Crippen molar-refractivity contribution in [3.63, 3.8) is 0 Å². The minimum absolute atomic E-state index is 0.0631. The van der Waals surface area contributed by atoms with Gasteiger partial charge in [-0.05, 0) is 12.3 Å². The molecule has 0 aromatic heterocycles. The number of carbonyl (C=O) groups is 1. The average molecular weight is 280 g/mol. The van der Waals surface area contributed by atoms with Crippen molar-refractivity contribution in [3.05, 3.63) is 0 Å². The maximum atomic E-state index is 11.8. The van der Waals surface area contributed by atoms with Crippen LogP contribution < -0.4 is 4.72 Å². The summed E-state index contributed by atoms with van der Waals surface area (Å²) in [7, 11) is -3.57. The Balaban J connectivity index is 4.56. The third-order valence-electron chi connectivity index (χ3n) is 2.66. The van der Waals surface area contributed by atoms with Crippen molar-refractivity contribution in [2.24, 2.45) is 11.8 Å². The molecule has 0 saturated heterocycles. The van der Waals surface area contributed by atoms with E-state index in [0.717, 1.165) is 0 Å². The van der Waals surface area contributed by atoms with E-state index >= 15 is 0 Å². The van der Waals surface area contributed by atoms with Gasteiger partial charge >= 0.3 is 5.97 Å². The molecule has 0 aromatic carbocycles. The van der Waals surface area contributed by atoms with Crippen LogP contribution in [0.5, 0.6) is 0 Å². The maximum absolute atomic E-state index is 11.8. The molecule has 6 nitrogen and oxygen atoms in total. The summed E-state index contributed by atoms with van der Waals surface area (Å²) in [6.45, 7) is 7.98. The number of carboxylic acids is 1. The monoisotopic (exact) mass is 280 g/mol. The van der Waals surface area contributed by atoms with Crippen LogP contribution in [0.15, 0.2) is 0 Å². The van der Waals surface area contributed by atoms with Crippen LogP contribution in [0, 0.1) is 11.8 Å². The lowest BCUT2D eigenvalue weighted by Gasteiger charge is -2.21. The van der Waals surface area contributed by atoms with Crippen LogP contribution in [0.1, 0.15) is 34.1 Å². The Hall–Kier alpha value is -0.660. The summed E-state index contributed by atoms with van der Waals surface area (Å²) in [5.74, 6) is -1.44. The number of rotatable bonds is 9. The molecule has 0 heterocycles. The second-order valence-electron chi connectivity index (χ2n) is 4.60. The van der Waals surface area contributed by atoms with Crippen molar-refractivity contribution in [1.82, 2.24) is 9.03 Å². The molecule has 0 aliphatic rings. The summed E-state index contributed by atoms with van der Waals surface area (Å²) in [5, 5.41) is 9.02. The highest BCUT2D eigenvalue weighted by molar-refractivity contribution is 7.87. The molecule has 0 radical (unpaired) electrons. The highest BCUT2D eigenvalue weighted by atomic mass is 32.2. The Morgan fingerprint density at radius 3 is 2.11 bits per heavy atom. The summed E-state index contributed by atoms with van der Waals surface area (Å²) in [5.41, 5.74) is 0. The molecule has 0 amide bonds. The predicted molar refractivity (Wildman–Crippen MR) is 70.4 cm³/mol. The Bertz CT molecular complexity index is 350. The third-order valence-corrected chi connectivity index (χ3v) is 4.39. The molecule has 0 bridgehead atoms. The molecule has 0 spiro atoms. The molecule has 1 atom stereocenters. The van der Waals surface area contributed by atoms with E-state index in [4.69, 9.17) is 5.11 Å². The third kappa shape index (κ3) is 5.79. The summed E-state index contributed by atoms with van der Waals surface area (Å²) >= 11 is 0. The van der Waals surface area contributed by atoms with Crippen LogP contribution in [-0.4, -0.2) is 43.4 Å². The SMILES string of the molecule is CCN(CC)S(=O)(=O)NCC(CC(C)C)C(=O)O. The lowest BCUT2D eigenvalue weighted by atomic mass is 9.98. The summed E-state index contributed by atoms with van der Waals surface area (Å²) in [6.07, 6.45) is 0.454. The minimum atomic E-state index is -3.57. The summed E-state index contributed by atoms with van der Waals surface area (Å²) < 4.78 is 27.3. The van der Waals surface area contributed by atoms with Crippen LogP contribution in [0.2, 0.25) is 0 Å². The van der Waals surface area contributed by atoms with Crippen LogP contribution in [-0.2, 0) is 15.0 Å². The first-order valence-electron chi connectivity index (χ1n) is 6.22. The van der Waals surface area contributed by atoms with E-state index in [9.17, 15) is 13.2 Å². The fourth-order valence-corrected chi connectivity index (χ4v) is 2.98. The largest absolute Gasteiger partial charge is 0.481 e. The number of carboxylic acid groups (broad SMARTS) is 1. The predicted octanol–water partition coefficient (Wildman–Crippen LogP) is 0.910. The van der Waals surface area contributed by atoms with Gasteiger partial charge in [-0.1, -0.05) is 27.7 Å². The second-order valence-corrected chi connectivity index (χ2v) is 6.36. The van der Waals surface area contributed by atoms with Crippen LogP contribution in [0.25, 0.3) is 0 Å². The number of aliphatic carboxylic acids is 1. The molecule has 18 heavy (non-hydrogen) atoms. The first kappa shape index (κ1) is 17.3. The fourth-order valence-electron chi connectivity index (χ4n) is 1.70. The standard InChI is InChI=1S/C11H24N2O4S/c1-5-13(6-2)18(16,17)12-8-10(11(14)15)7-9(3)4/h9-10,12H,5-8H2,1-4H3,(H,14,15). The number of nitrogens with zero attached hydrogens (tertiary/aromatic N) is 1. The van der Waals surface area contributed by atoms with E-state index in [1.54, 1.807) is 13.8 Å². The number of hydrogen-bond acceptors (Lipinski definition) is 3. The molecule has 0 saturated carbocycles. The first-order chi connectivity index (χ1) is 8.24. The second kappa shape index (κ2) is 7.70. The van der Waals surface area contributed by atoms with Crippen molar-refractivity contribution >= 4 is 16.2 Å². The Morgan fingerprint density at radius 2 is 1.78 bits per heavy atom. The molecule has 0 aliphatic heterocycles.